The molecule has 0 atom stereocenters. The molecular weight excluding hydrogens is 196 g/mol. The Labute approximate surface area is 87.8 Å². The van der Waals surface area contributed by atoms with Crippen LogP contribution in [0, 0.1) is 0 Å². The van der Waals surface area contributed by atoms with Crippen LogP contribution in [0.2, 0.25) is 0 Å². The normalized spacial score (nSPS) is 9.73. The van der Waals surface area contributed by atoms with Crippen LogP contribution in [-0.4, -0.2) is 17.8 Å². The molecule has 1 aromatic rings. The van der Waals surface area contributed by atoms with Gasteiger partial charge in [0.05, 0.1) is 24.4 Å². The van der Waals surface area contributed by atoms with Crippen molar-refractivity contribution in [3.05, 3.63) is 23.8 Å². The fourth-order valence-electron chi connectivity index (χ4n) is 1.19. The number of anilines is 2. The monoisotopic (exact) mass is 210 g/mol. The Kier molecular flexibility index (Phi) is 3.93. The van der Waals surface area contributed by atoms with Crippen molar-refractivity contribution in [2.75, 3.05) is 17.8 Å². The molecule has 0 aromatic heterocycles. The number of benzene rings is 1. The molecule has 0 fully saturated rings. The number of nitrogens with one attached hydrogen (secondary N) is 1. The Bertz CT molecular complexity index is 353. The Morgan fingerprint density at radius 1 is 1.60 bits per heavy atom. The van der Waals surface area contributed by atoms with Crippen LogP contribution in [0.4, 0.5) is 11.4 Å². The fraction of sp³-hybridized carbons (Fsp3) is 0.300. The van der Waals surface area contributed by atoms with Gasteiger partial charge in [0.1, 0.15) is 0 Å². The molecule has 5 nitrogen and oxygen atoms in total. The van der Waals surface area contributed by atoms with E-state index in [1.807, 2.05) is 5.48 Å². The van der Waals surface area contributed by atoms with Crippen LogP contribution in [0.1, 0.15) is 12.5 Å². The van der Waals surface area contributed by atoms with E-state index in [0.717, 1.165) is 5.56 Å². The number of esters is 1. The molecule has 5 heteroatoms. The van der Waals surface area contributed by atoms with Crippen LogP contribution in [0.15, 0.2) is 18.2 Å². The zero-order chi connectivity index (χ0) is 11.3. The third-order valence-corrected chi connectivity index (χ3v) is 1.89. The molecule has 15 heavy (non-hydrogen) atoms. The van der Waals surface area contributed by atoms with Gasteiger partial charge in [0.15, 0.2) is 0 Å². The third kappa shape index (κ3) is 3.14. The molecule has 0 saturated carbocycles. The van der Waals surface area contributed by atoms with Gasteiger partial charge >= 0.3 is 5.97 Å². The lowest BCUT2D eigenvalue weighted by Gasteiger charge is -2.06. The molecule has 0 amide bonds. The summed E-state index contributed by atoms with van der Waals surface area (Å²) >= 11 is 0. The van der Waals surface area contributed by atoms with Crippen LogP contribution < -0.4 is 11.2 Å². The number of hydrogen-bond donors (Lipinski definition) is 3. The molecule has 0 aliphatic rings. The van der Waals surface area contributed by atoms with Gasteiger partial charge in [0.25, 0.3) is 0 Å². The van der Waals surface area contributed by atoms with E-state index >= 15 is 0 Å². The molecule has 0 unspecified atom stereocenters. The number of nitrogens with two attached hydrogens (primary N) is 1. The summed E-state index contributed by atoms with van der Waals surface area (Å²) in [6.45, 7) is 2.11. The van der Waals surface area contributed by atoms with Crippen molar-refractivity contribution in [3.8, 4) is 0 Å². The smallest absolute Gasteiger partial charge is 0.310 e. The second-order valence-corrected chi connectivity index (χ2v) is 3.02. The maximum absolute atomic E-state index is 11.2. The summed E-state index contributed by atoms with van der Waals surface area (Å²) in [6, 6.07) is 4.94. The molecule has 4 N–H and O–H groups in total. The predicted molar refractivity (Wildman–Crippen MR) is 56.6 cm³/mol. The largest absolute Gasteiger partial charge is 0.466 e. The first kappa shape index (κ1) is 11.3. The summed E-state index contributed by atoms with van der Waals surface area (Å²) in [6.07, 6.45) is 0.169. The Hall–Kier alpha value is -1.75. The SMILES string of the molecule is CCOC(=O)Cc1ccc(N)c(NO)c1. The summed E-state index contributed by atoms with van der Waals surface area (Å²) < 4.78 is 4.80. The number of carbonyl (C=O) groups excluding carboxylic acids is 1. The van der Waals surface area contributed by atoms with Gasteiger partial charge in [-0.15, -0.1) is 0 Å². The highest BCUT2D eigenvalue weighted by molar-refractivity contribution is 5.74. The summed E-state index contributed by atoms with van der Waals surface area (Å²) in [7, 11) is 0. The fourth-order valence-corrected chi connectivity index (χ4v) is 1.19. The molecule has 82 valence electrons. The van der Waals surface area contributed by atoms with Crippen molar-refractivity contribution in [1.29, 1.82) is 0 Å². The zero-order valence-electron chi connectivity index (χ0n) is 8.49. The molecule has 1 aromatic carbocycles. The van der Waals surface area contributed by atoms with E-state index in [1.54, 1.807) is 25.1 Å². The number of hydrogen-bond acceptors (Lipinski definition) is 5. The number of nitrogen functional groups attached to an aromatic ring is 1. The summed E-state index contributed by atoms with van der Waals surface area (Å²) in [5.41, 5.74) is 9.06. The lowest BCUT2D eigenvalue weighted by Crippen LogP contribution is -2.08. The van der Waals surface area contributed by atoms with Crippen molar-refractivity contribution in [2.45, 2.75) is 13.3 Å². The van der Waals surface area contributed by atoms with Crippen molar-refractivity contribution in [3.63, 3.8) is 0 Å². The molecule has 0 aliphatic carbocycles. The standard InChI is InChI=1S/C10H14N2O3/c1-2-15-10(13)6-7-3-4-8(11)9(5-7)12-14/h3-5,12,14H,2,6,11H2,1H3. The Morgan fingerprint density at radius 3 is 2.93 bits per heavy atom. The van der Waals surface area contributed by atoms with E-state index in [1.165, 1.54) is 0 Å². The molecule has 0 heterocycles. The second-order valence-electron chi connectivity index (χ2n) is 3.02. The van der Waals surface area contributed by atoms with E-state index in [9.17, 15) is 4.79 Å². The highest BCUT2D eigenvalue weighted by atomic mass is 16.5. The summed E-state index contributed by atoms with van der Waals surface area (Å²) in [5.74, 6) is -0.300. The van der Waals surface area contributed by atoms with E-state index in [2.05, 4.69) is 0 Å². The van der Waals surface area contributed by atoms with Gasteiger partial charge in [-0.3, -0.25) is 15.5 Å². The second kappa shape index (κ2) is 5.21. The molecule has 1 rings (SSSR count). The molecule has 0 saturated heterocycles. The number of carbonyl (C=O) groups is 1. The first-order chi connectivity index (χ1) is 7.17. The van der Waals surface area contributed by atoms with Crippen LogP contribution in [0.5, 0.6) is 0 Å². The zero-order valence-corrected chi connectivity index (χ0v) is 8.49. The van der Waals surface area contributed by atoms with E-state index in [-0.39, 0.29) is 12.4 Å². The molecule has 0 aliphatic heterocycles. The Morgan fingerprint density at radius 2 is 2.33 bits per heavy atom. The lowest BCUT2D eigenvalue weighted by molar-refractivity contribution is -0.142. The lowest BCUT2D eigenvalue weighted by atomic mass is 10.1. The minimum absolute atomic E-state index is 0.169. The van der Waals surface area contributed by atoms with Crippen molar-refractivity contribution >= 4 is 17.3 Å². The predicted octanol–water partition coefficient (Wildman–Crippen LogP) is 1.18. The minimum atomic E-state index is -0.300. The molecule has 0 bridgehead atoms. The maximum atomic E-state index is 11.2. The molecule has 0 spiro atoms. The Balaban J connectivity index is 2.74. The van der Waals surface area contributed by atoms with E-state index < -0.39 is 0 Å². The minimum Gasteiger partial charge on any atom is -0.466 e. The van der Waals surface area contributed by atoms with Crippen LogP contribution in [-0.2, 0) is 16.0 Å². The van der Waals surface area contributed by atoms with Crippen LogP contribution in [0.25, 0.3) is 0 Å². The number of ether oxygens (including phenoxy) is 1. The summed E-state index contributed by atoms with van der Waals surface area (Å²) in [4.78, 5) is 11.2. The average Bonchev–Trinajstić information content (AvgIpc) is 2.21. The third-order valence-electron chi connectivity index (χ3n) is 1.89. The first-order valence-corrected chi connectivity index (χ1v) is 4.61. The maximum Gasteiger partial charge on any atom is 0.310 e. The van der Waals surface area contributed by atoms with Gasteiger partial charge in [-0.1, -0.05) is 6.07 Å². The van der Waals surface area contributed by atoms with E-state index in [0.29, 0.717) is 18.0 Å². The number of rotatable bonds is 4. The van der Waals surface area contributed by atoms with Crippen LogP contribution >= 0.6 is 0 Å². The summed E-state index contributed by atoms with van der Waals surface area (Å²) in [5, 5.41) is 8.73. The highest BCUT2D eigenvalue weighted by Gasteiger charge is 2.06. The van der Waals surface area contributed by atoms with Gasteiger partial charge < -0.3 is 10.5 Å². The van der Waals surface area contributed by atoms with Crippen LogP contribution in [0.3, 0.4) is 0 Å². The molecular formula is C10H14N2O3. The molecule has 0 radical (unpaired) electrons. The van der Waals surface area contributed by atoms with Crippen molar-refractivity contribution in [1.82, 2.24) is 0 Å². The van der Waals surface area contributed by atoms with Gasteiger partial charge in [-0.05, 0) is 24.6 Å². The van der Waals surface area contributed by atoms with E-state index in [4.69, 9.17) is 15.7 Å². The first-order valence-electron chi connectivity index (χ1n) is 4.61. The van der Waals surface area contributed by atoms with Gasteiger partial charge in [-0.2, -0.15) is 0 Å². The topological polar surface area (TPSA) is 84.6 Å². The van der Waals surface area contributed by atoms with Crippen molar-refractivity contribution in [2.24, 2.45) is 0 Å². The average molecular weight is 210 g/mol. The van der Waals surface area contributed by atoms with Gasteiger partial charge in [0.2, 0.25) is 0 Å². The van der Waals surface area contributed by atoms with Crippen molar-refractivity contribution < 1.29 is 14.7 Å². The highest BCUT2D eigenvalue weighted by Crippen LogP contribution is 2.19. The van der Waals surface area contributed by atoms with Gasteiger partial charge in [-0.25, -0.2) is 0 Å². The quantitative estimate of drug-likeness (QED) is 0.394. The van der Waals surface area contributed by atoms with Gasteiger partial charge in [0, 0.05) is 0 Å².